The van der Waals surface area contributed by atoms with Gasteiger partial charge in [-0.2, -0.15) is 9.40 Å². The first-order valence-corrected chi connectivity index (χ1v) is 11.5. The van der Waals surface area contributed by atoms with Gasteiger partial charge in [0.1, 0.15) is 0 Å². The van der Waals surface area contributed by atoms with Crippen LogP contribution in [-0.2, 0) is 27.8 Å². The van der Waals surface area contributed by atoms with Gasteiger partial charge in [0, 0.05) is 45.3 Å². The average molecular weight is 432 g/mol. The first-order chi connectivity index (χ1) is 14.4. The van der Waals surface area contributed by atoms with E-state index in [2.05, 4.69) is 10.4 Å². The molecule has 3 heterocycles. The van der Waals surface area contributed by atoms with Crippen molar-refractivity contribution in [1.82, 2.24) is 19.0 Å². The second-order valence-corrected chi connectivity index (χ2v) is 9.52. The van der Waals surface area contributed by atoms with Crippen LogP contribution in [0.25, 0.3) is 0 Å². The molecule has 0 aliphatic carbocycles. The Labute approximate surface area is 175 Å². The zero-order valence-electron chi connectivity index (χ0n) is 16.9. The highest BCUT2D eigenvalue weighted by molar-refractivity contribution is 7.89. The van der Waals surface area contributed by atoms with Crippen LogP contribution in [0.1, 0.15) is 35.8 Å². The van der Waals surface area contributed by atoms with Crippen LogP contribution in [-0.4, -0.2) is 65.4 Å². The lowest BCUT2D eigenvalue weighted by Gasteiger charge is -2.34. The number of anilines is 1. The highest BCUT2D eigenvalue weighted by Crippen LogP contribution is 2.23. The van der Waals surface area contributed by atoms with E-state index < -0.39 is 10.0 Å². The van der Waals surface area contributed by atoms with Crippen LogP contribution in [0.2, 0.25) is 0 Å². The van der Waals surface area contributed by atoms with Gasteiger partial charge in [-0.05, 0) is 43.5 Å². The maximum Gasteiger partial charge on any atom is 0.257 e. The Morgan fingerprint density at radius 1 is 1.00 bits per heavy atom. The molecule has 0 radical (unpaired) electrons. The molecule has 0 saturated carbocycles. The van der Waals surface area contributed by atoms with Crippen molar-refractivity contribution in [2.75, 3.05) is 31.5 Å². The van der Waals surface area contributed by atoms with Gasteiger partial charge < -0.3 is 10.2 Å². The molecule has 2 amide bonds. The molecule has 0 spiro atoms. The van der Waals surface area contributed by atoms with E-state index in [1.165, 1.54) is 23.4 Å². The van der Waals surface area contributed by atoms with Crippen molar-refractivity contribution in [3.05, 3.63) is 41.7 Å². The van der Waals surface area contributed by atoms with Crippen molar-refractivity contribution in [1.29, 1.82) is 0 Å². The van der Waals surface area contributed by atoms with E-state index in [-0.39, 0.29) is 29.8 Å². The quantitative estimate of drug-likeness (QED) is 0.786. The molecule has 30 heavy (non-hydrogen) atoms. The Morgan fingerprint density at radius 2 is 1.70 bits per heavy atom. The lowest BCUT2D eigenvalue weighted by atomic mass is 10.1. The van der Waals surface area contributed by atoms with Crippen LogP contribution in [0.3, 0.4) is 0 Å². The van der Waals surface area contributed by atoms with Gasteiger partial charge in [-0.1, -0.05) is 0 Å². The summed E-state index contributed by atoms with van der Waals surface area (Å²) in [5, 5.41) is 6.95. The molecule has 2 aliphatic rings. The standard InChI is InChI=1S/C20H25N5O4S/c1-15(26)22-16-5-7-17(8-6-16)30(28,29)24-12-10-23(11-13-24)20(27)18-14-21-25-9-3-2-4-19(18)25/h5-8,14H,2-4,9-13H2,1H3,(H,22,26). The van der Waals surface area contributed by atoms with Gasteiger partial charge in [0.25, 0.3) is 5.91 Å². The van der Waals surface area contributed by atoms with Crippen molar-refractivity contribution in [3.8, 4) is 0 Å². The van der Waals surface area contributed by atoms with Gasteiger partial charge in [0.05, 0.1) is 22.3 Å². The maximum atomic E-state index is 13.0. The van der Waals surface area contributed by atoms with Crippen molar-refractivity contribution < 1.29 is 18.0 Å². The minimum atomic E-state index is -3.66. The fourth-order valence-corrected chi connectivity index (χ4v) is 5.39. The third kappa shape index (κ3) is 3.97. The third-order valence-electron chi connectivity index (χ3n) is 5.55. The molecule has 1 saturated heterocycles. The number of sulfonamides is 1. The van der Waals surface area contributed by atoms with Gasteiger partial charge in [-0.3, -0.25) is 14.3 Å². The van der Waals surface area contributed by atoms with Crippen LogP contribution in [0.4, 0.5) is 5.69 Å². The summed E-state index contributed by atoms with van der Waals surface area (Å²) < 4.78 is 29.2. The topological polar surface area (TPSA) is 105 Å². The van der Waals surface area contributed by atoms with E-state index >= 15 is 0 Å². The number of amides is 2. The van der Waals surface area contributed by atoms with Gasteiger partial charge in [-0.25, -0.2) is 8.42 Å². The summed E-state index contributed by atoms with van der Waals surface area (Å²) in [7, 11) is -3.66. The molecule has 0 bridgehead atoms. The molecule has 0 atom stereocenters. The van der Waals surface area contributed by atoms with Crippen LogP contribution in [0.15, 0.2) is 35.4 Å². The Hall–Kier alpha value is -2.72. The number of hydrogen-bond donors (Lipinski definition) is 1. The van der Waals surface area contributed by atoms with E-state index in [1.54, 1.807) is 23.2 Å². The molecule has 0 unspecified atom stereocenters. The molecule has 1 N–H and O–H groups in total. The number of piperazine rings is 1. The molecule has 1 aromatic carbocycles. The van der Waals surface area contributed by atoms with Gasteiger partial charge in [-0.15, -0.1) is 0 Å². The average Bonchev–Trinajstić information content (AvgIpc) is 3.17. The minimum Gasteiger partial charge on any atom is -0.336 e. The summed E-state index contributed by atoms with van der Waals surface area (Å²) in [5.41, 5.74) is 2.17. The molecule has 1 fully saturated rings. The first kappa shape index (κ1) is 20.5. The molecule has 2 aromatic rings. The maximum absolute atomic E-state index is 13.0. The van der Waals surface area contributed by atoms with Crippen LogP contribution >= 0.6 is 0 Å². The number of carbonyl (C=O) groups excluding carboxylic acids is 2. The number of benzene rings is 1. The second kappa shape index (κ2) is 8.19. The number of carbonyl (C=O) groups is 2. The zero-order chi connectivity index (χ0) is 21.3. The Balaban J connectivity index is 1.42. The van der Waals surface area contributed by atoms with E-state index in [4.69, 9.17) is 0 Å². The summed E-state index contributed by atoms with van der Waals surface area (Å²) in [6.07, 6.45) is 4.62. The SMILES string of the molecule is CC(=O)Nc1ccc(S(=O)(=O)N2CCN(C(=O)c3cnn4c3CCCC4)CC2)cc1. The summed E-state index contributed by atoms with van der Waals surface area (Å²) in [6, 6.07) is 6.10. The van der Waals surface area contributed by atoms with Crippen molar-refractivity contribution in [2.24, 2.45) is 0 Å². The molecule has 9 nitrogen and oxygen atoms in total. The fourth-order valence-electron chi connectivity index (χ4n) is 3.96. The summed E-state index contributed by atoms with van der Waals surface area (Å²) >= 11 is 0. The number of rotatable bonds is 4. The second-order valence-electron chi connectivity index (χ2n) is 7.59. The third-order valence-corrected chi connectivity index (χ3v) is 7.46. The fraction of sp³-hybridized carbons (Fsp3) is 0.450. The highest BCUT2D eigenvalue weighted by atomic mass is 32.2. The molecule has 2 aliphatic heterocycles. The van der Waals surface area contributed by atoms with Crippen LogP contribution < -0.4 is 5.32 Å². The van der Waals surface area contributed by atoms with E-state index in [1.807, 2.05) is 4.68 Å². The normalized spacial score (nSPS) is 17.4. The molecule has 1 aromatic heterocycles. The summed E-state index contributed by atoms with van der Waals surface area (Å²) in [5.74, 6) is -0.291. The van der Waals surface area contributed by atoms with Gasteiger partial charge >= 0.3 is 0 Å². The van der Waals surface area contributed by atoms with E-state index in [0.29, 0.717) is 24.3 Å². The largest absolute Gasteiger partial charge is 0.336 e. The number of aromatic nitrogens is 2. The van der Waals surface area contributed by atoms with E-state index in [9.17, 15) is 18.0 Å². The van der Waals surface area contributed by atoms with E-state index in [0.717, 1.165) is 31.5 Å². The number of nitrogens with one attached hydrogen (secondary N) is 1. The Kier molecular flexibility index (Phi) is 5.61. The predicted octanol–water partition coefficient (Wildman–Crippen LogP) is 1.32. The van der Waals surface area contributed by atoms with Crippen LogP contribution in [0, 0.1) is 0 Å². The molecular formula is C20H25N5O4S. The lowest BCUT2D eigenvalue weighted by Crippen LogP contribution is -2.50. The van der Waals surface area contributed by atoms with Gasteiger partial charge in [0.15, 0.2) is 0 Å². The van der Waals surface area contributed by atoms with Gasteiger partial charge in [0.2, 0.25) is 15.9 Å². The Bertz CT molecular complexity index is 1050. The monoisotopic (exact) mass is 431 g/mol. The smallest absolute Gasteiger partial charge is 0.257 e. The summed E-state index contributed by atoms with van der Waals surface area (Å²) in [6.45, 7) is 3.40. The highest BCUT2D eigenvalue weighted by Gasteiger charge is 2.32. The Morgan fingerprint density at radius 3 is 2.37 bits per heavy atom. The molecule has 10 heteroatoms. The molecular weight excluding hydrogens is 406 g/mol. The number of aryl methyl sites for hydroxylation is 1. The summed E-state index contributed by atoms with van der Waals surface area (Å²) in [4.78, 5) is 25.9. The predicted molar refractivity (Wildman–Crippen MR) is 111 cm³/mol. The van der Waals surface area contributed by atoms with Crippen molar-refractivity contribution in [2.45, 2.75) is 37.6 Å². The molecule has 4 rings (SSSR count). The first-order valence-electron chi connectivity index (χ1n) is 10.1. The zero-order valence-corrected chi connectivity index (χ0v) is 17.7. The number of nitrogens with zero attached hydrogens (tertiary/aromatic N) is 4. The molecule has 160 valence electrons. The minimum absolute atomic E-state index is 0.0742. The van der Waals surface area contributed by atoms with Crippen molar-refractivity contribution in [3.63, 3.8) is 0 Å². The number of fused-ring (bicyclic) bond motifs is 1. The van der Waals surface area contributed by atoms with Crippen LogP contribution in [0.5, 0.6) is 0 Å². The van der Waals surface area contributed by atoms with Crippen molar-refractivity contribution >= 4 is 27.5 Å². The lowest BCUT2D eigenvalue weighted by molar-refractivity contribution is -0.114. The number of hydrogen-bond acceptors (Lipinski definition) is 5.